The van der Waals surface area contributed by atoms with Crippen molar-refractivity contribution in [1.29, 1.82) is 0 Å². The summed E-state index contributed by atoms with van der Waals surface area (Å²) in [5, 5.41) is 3.53. The van der Waals surface area contributed by atoms with Crippen molar-refractivity contribution in [2.75, 3.05) is 18.0 Å². The van der Waals surface area contributed by atoms with Crippen molar-refractivity contribution in [3.05, 3.63) is 29.8 Å². The Bertz CT molecular complexity index is 373. The molecular formula is C16H26N2. The van der Waals surface area contributed by atoms with E-state index in [9.17, 15) is 0 Å². The lowest BCUT2D eigenvalue weighted by Crippen LogP contribution is -2.35. The van der Waals surface area contributed by atoms with Gasteiger partial charge >= 0.3 is 0 Å². The average molecular weight is 246 g/mol. The SMILES string of the molecule is CC1CCCN(c2ccccc2CNC(C)C)C1. The van der Waals surface area contributed by atoms with Crippen molar-refractivity contribution >= 4 is 5.69 Å². The van der Waals surface area contributed by atoms with Crippen LogP contribution in [0.2, 0.25) is 0 Å². The highest BCUT2D eigenvalue weighted by atomic mass is 15.1. The number of para-hydroxylation sites is 1. The number of hydrogen-bond donors (Lipinski definition) is 1. The molecule has 0 aliphatic carbocycles. The summed E-state index contributed by atoms with van der Waals surface area (Å²) < 4.78 is 0. The van der Waals surface area contributed by atoms with Crippen molar-refractivity contribution in [3.63, 3.8) is 0 Å². The standard InChI is InChI=1S/C16H26N2/c1-13(2)17-11-15-8-4-5-9-16(15)18-10-6-7-14(3)12-18/h4-5,8-9,13-14,17H,6-7,10-12H2,1-3H3. The molecule has 1 aromatic rings. The van der Waals surface area contributed by atoms with E-state index in [0.29, 0.717) is 6.04 Å². The van der Waals surface area contributed by atoms with E-state index in [2.05, 4.69) is 55.3 Å². The Morgan fingerprint density at radius 2 is 2.11 bits per heavy atom. The molecule has 18 heavy (non-hydrogen) atoms. The first-order valence-corrected chi connectivity index (χ1v) is 7.23. The van der Waals surface area contributed by atoms with E-state index in [1.54, 1.807) is 0 Å². The van der Waals surface area contributed by atoms with Crippen LogP contribution in [0.15, 0.2) is 24.3 Å². The predicted molar refractivity (Wildman–Crippen MR) is 79.0 cm³/mol. The Morgan fingerprint density at radius 3 is 2.83 bits per heavy atom. The first-order valence-electron chi connectivity index (χ1n) is 7.23. The summed E-state index contributed by atoms with van der Waals surface area (Å²) in [6.07, 6.45) is 2.70. The maximum Gasteiger partial charge on any atom is 0.0411 e. The number of hydrogen-bond acceptors (Lipinski definition) is 2. The Morgan fingerprint density at radius 1 is 1.33 bits per heavy atom. The maximum atomic E-state index is 3.53. The number of anilines is 1. The lowest BCUT2D eigenvalue weighted by atomic mass is 9.99. The Labute approximate surface area is 111 Å². The van der Waals surface area contributed by atoms with E-state index in [0.717, 1.165) is 12.5 Å². The Balaban J connectivity index is 2.10. The fourth-order valence-corrected chi connectivity index (χ4v) is 2.69. The summed E-state index contributed by atoms with van der Waals surface area (Å²) in [4.78, 5) is 2.56. The summed E-state index contributed by atoms with van der Waals surface area (Å²) >= 11 is 0. The van der Waals surface area contributed by atoms with Gasteiger partial charge in [-0.05, 0) is 30.4 Å². The molecule has 2 heteroatoms. The molecule has 0 amide bonds. The fourth-order valence-electron chi connectivity index (χ4n) is 2.69. The molecule has 2 rings (SSSR count). The number of nitrogens with zero attached hydrogens (tertiary/aromatic N) is 1. The van der Waals surface area contributed by atoms with Gasteiger partial charge < -0.3 is 10.2 Å². The first kappa shape index (κ1) is 13.4. The zero-order valence-electron chi connectivity index (χ0n) is 11.9. The maximum absolute atomic E-state index is 3.53. The van der Waals surface area contributed by atoms with Crippen LogP contribution >= 0.6 is 0 Å². The lowest BCUT2D eigenvalue weighted by molar-refractivity contribution is 0.445. The number of nitrogens with one attached hydrogen (secondary N) is 1. The van der Waals surface area contributed by atoms with Crippen molar-refractivity contribution < 1.29 is 0 Å². The minimum absolute atomic E-state index is 0.540. The van der Waals surface area contributed by atoms with Gasteiger partial charge in [0, 0.05) is 31.4 Å². The van der Waals surface area contributed by atoms with Gasteiger partial charge in [0.25, 0.3) is 0 Å². The van der Waals surface area contributed by atoms with Gasteiger partial charge in [0.2, 0.25) is 0 Å². The molecule has 1 atom stereocenters. The van der Waals surface area contributed by atoms with Crippen molar-refractivity contribution in [2.24, 2.45) is 5.92 Å². The van der Waals surface area contributed by atoms with E-state index >= 15 is 0 Å². The molecule has 0 saturated carbocycles. The minimum atomic E-state index is 0.540. The second-order valence-corrected chi connectivity index (χ2v) is 5.86. The third-order valence-electron chi connectivity index (χ3n) is 3.69. The molecule has 0 aromatic heterocycles. The van der Waals surface area contributed by atoms with Gasteiger partial charge in [-0.15, -0.1) is 0 Å². The van der Waals surface area contributed by atoms with E-state index < -0.39 is 0 Å². The number of piperidine rings is 1. The lowest BCUT2D eigenvalue weighted by Gasteiger charge is -2.34. The third kappa shape index (κ3) is 3.49. The summed E-state index contributed by atoms with van der Waals surface area (Å²) in [6, 6.07) is 9.37. The van der Waals surface area contributed by atoms with Crippen molar-refractivity contribution in [1.82, 2.24) is 5.32 Å². The highest BCUT2D eigenvalue weighted by molar-refractivity contribution is 5.54. The number of benzene rings is 1. The predicted octanol–water partition coefficient (Wildman–Crippen LogP) is 3.42. The highest BCUT2D eigenvalue weighted by Gasteiger charge is 2.18. The Kier molecular flexibility index (Phi) is 4.65. The molecule has 1 aliphatic heterocycles. The molecule has 1 aromatic carbocycles. The van der Waals surface area contributed by atoms with Gasteiger partial charge in [-0.25, -0.2) is 0 Å². The van der Waals surface area contributed by atoms with E-state index in [1.807, 2.05) is 0 Å². The van der Waals surface area contributed by atoms with Crippen LogP contribution in [0.25, 0.3) is 0 Å². The van der Waals surface area contributed by atoms with Crippen LogP contribution in [-0.4, -0.2) is 19.1 Å². The molecule has 100 valence electrons. The van der Waals surface area contributed by atoms with Gasteiger partial charge in [-0.2, -0.15) is 0 Å². The summed E-state index contributed by atoms with van der Waals surface area (Å²) in [5.74, 6) is 0.824. The molecule has 1 unspecified atom stereocenters. The van der Waals surface area contributed by atoms with E-state index in [-0.39, 0.29) is 0 Å². The summed E-state index contributed by atoms with van der Waals surface area (Å²) in [7, 11) is 0. The van der Waals surface area contributed by atoms with Crippen LogP contribution < -0.4 is 10.2 Å². The van der Waals surface area contributed by atoms with E-state index in [4.69, 9.17) is 0 Å². The molecule has 0 radical (unpaired) electrons. The average Bonchev–Trinajstić information content (AvgIpc) is 2.36. The van der Waals surface area contributed by atoms with Crippen LogP contribution in [0.4, 0.5) is 5.69 Å². The second-order valence-electron chi connectivity index (χ2n) is 5.86. The molecule has 2 nitrogen and oxygen atoms in total. The molecule has 0 bridgehead atoms. The van der Waals surface area contributed by atoms with Crippen LogP contribution in [0.3, 0.4) is 0 Å². The minimum Gasteiger partial charge on any atom is -0.371 e. The zero-order valence-corrected chi connectivity index (χ0v) is 11.9. The highest BCUT2D eigenvalue weighted by Crippen LogP contribution is 2.26. The monoisotopic (exact) mass is 246 g/mol. The van der Waals surface area contributed by atoms with Crippen molar-refractivity contribution in [2.45, 2.75) is 46.2 Å². The van der Waals surface area contributed by atoms with Gasteiger partial charge in [0.15, 0.2) is 0 Å². The van der Waals surface area contributed by atoms with Gasteiger partial charge in [-0.3, -0.25) is 0 Å². The van der Waals surface area contributed by atoms with E-state index in [1.165, 1.54) is 37.2 Å². The molecule has 1 aliphatic rings. The molecule has 1 fully saturated rings. The third-order valence-corrected chi connectivity index (χ3v) is 3.69. The molecule has 1 N–H and O–H groups in total. The smallest absolute Gasteiger partial charge is 0.0411 e. The van der Waals surface area contributed by atoms with Crippen LogP contribution in [0, 0.1) is 5.92 Å². The largest absolute Gasteiger partial charge is 0.371 e. The topological polar surface area (TPSA) is 15.3 Å². The molecular weight excluding hydrogens is 220 g/mol. The molecule has 0 spiro atoms. The van der Waals surface area contributed by atoms with Crippen molar-refractivity contribution in [3.8, 4) is 0 Å². The van der Waals surface area contributed by atoms with Crippen LogP contribution in [-0.2, 0) is 6.54 Å². The van der Waals surface area contributed by atoms with Gasteiger partial charge in [0.1, 0.15) is 0 Å². The number of rotatable bonds is 4. The van der Waals surface area contributed by atoms with Gasteiger partial charge in [0.05, 0.1) is 0 Å². The normalized spacial score (nSPS) is 20.4. The summed E-state index contributed by atoms with van der Waals surface area (Å²) in [5.41, 5.74) is 2.86. The first-order chi connectivity index (χ1) is 8.66. The molecule has 1 heterocycles. The molecule has 1 saturated heterocycles. The summed E-state index contributed by atoms with van der Waals surface area (Å²) in [6.45, 7) is 10.2. The van der Waals surface area contributed by atoms with Crippen LogP contribution in [0.1, 0.15) is 39.2 Å². The van der Waals surface area contributed by atoms with Crippen LogP contribution in [0.5, 0.6) is 0 Å². The Hall–Kier alpha value is -1.02. The quantitative estimate of drug-likeness (QED) is 0.875. The second kappa shape index (κ2) is 6.24. The zero-order chi connectivity index (χ0) is 13.0. The van der Waals surface area contributed by atoms with Gasteiger partial charge in [-0.1, -0.05) is 39.0 Å². The fraction of sp³-hybridized carbons (Fsp3) is 0.625.